The minimum atomic E-state index is -1.19. The third-order valence-corrected chi connectivity index (χ3v) is 7.92. The Morgan fingerprint density at radius 1 is 0.548 bits per heavy atom. The summed E-state index contributed by atoms with van der Waals surface area (Å²) >= 11 is 3.17. The van der Waals surface area contributed by atoms with E-state index in [1.54, 1.807) is 105 Å². The maximum atomic E-state index is 11.6. The summed E-state index contributed by atoms with van der Waals surface area (Å²) in [6.45, 7) is 19.8. The van der Waals surface area contributed by atoms with Gasteiger partial charge in [-0.1, -0.05) is 84.8 Å². The number of alkyl halides is 1. The van der Waals surface area contributed by atoms with Gasteiger partial charge in [-0.15, -0.1) is 0 Å². The van der Waals surface area contributed by atoms with E-state index in [-0.39, 0.29) is 95.0 Å². The molecule has 0 spiro atoms. The van der Waals surface area contributed by atoms with E-state index in [0.717, 1.165) is 6.07 Å². The molecule has 4 aromatic carbocycles. The largest absolute Gasteiger partial charge is 0.508 e. The third kappa shape index (κ3) is 35.2. The molecule has 0 aromatic heterocycles. The molecule has 4 aromatic rings. The zero-order valence-corrected chi connectivity index (χ0v) is 41.4. The second-order valence-electron chi connectivity index (χ2n) is 15.6. The molecule has 0 amide bonds. The van der Waals surface area contributed by atoms with Crippen LogP contribution < -0.4 is 25.7 Å². The van der Waals surface area contributed by atoms with Crippen LogP contribution >= 0.6 is 15.9 Å². The molecule has 0 saturated heterocycles. The lowest BCUT2D eigenvalue weighted by Crippen LogP contribution is -2.39. The van der Waals surface area contributed by atoms with Gasteiger partial charge >= 0.3 is 17.9 Å². The zero-order chi connectivity index (χ0) is 50.9. The second kappa shape index (κ2) is 39.9. The molecule has 0 bridgehead atoms. The van der Waals surface area contributed by atoms with Gasteiger partial charge in [-0.25, -0.2) is 9.59 Å². The maximum absolute atomic E-state index is 11.6. The Balaban J connectivity index is -0.000000120. The molecule has 19 nitrogen and oxygen atoms in total. The number of non-ortho nitro benzene ring substituents is 2. The number of benzene rings is 4. The lowest BCUT2D eigenvalue weighted by molar-refractivity contribution is -0.385. The highest BCUT2D eigenvalue weighted by Crippen LogP contribution is 2.25. The Labute approximate surface area is 446 Å². The second-order valence-corrected chi connectivity index (χ2v) is 17.5. The molecule has 3 radical (unpaired) electrons. The summed E-state index contributed by atoms with van der Waals surface area (Å²) in [7, 11) is 0. The number of halogens is 1. The Bertz CT molecular complexity index is 2170. The van der Waals surface area contributed by atoms with E-state index in [9.17, 15) is 34.6 Å². The lowest BCUT2D eigenvalue weighted by Gasteiger charge is -2.24. The molecule has 0 aliphatic rings. The minimum absolute atomic E-state index is 0. The van der Waals surface area contributed by atoms with Crippen molar-refractivity contribution in [3.05, 3.63) is 117 Å². The van der Waals surface area contributed by atoms with Crippen LogP contribution in [0.1, 0.15) is 121 Å². The number of aromatic hydroxyl groups is 1. The van der Waals surface area contributed by atoms with Crippen LogP contribution in [-0.2, 0) is 28.6 Å². The predicted octanol–water partition coefficient (Wildman–Crippen LogP) is 12.2. The molecule has 415 valence electrons. The summed E-state index contributed by atoms with van der Waals surface area (Å²) in [5.41, 5.74) is 9.50. The number of ether oxygens (including phenoxy) is 6. The molecule has 0 atom stereocenters. The molecule has 0 aliphatic heterocycles. The first-order chi connectivity index (χ1) is 30.5. The van der Waals surface area contributed by atoms with Crippen molar-refractivity contribution in [3.63, 3.8) is 0 Å². The van der Waals surface area contributed by atoms with Crippen LogP contribution in [0.2, 0.25) is 0 Å². The lowest BCUT2D eigenvalue weighted by atomic mass is 10.1. The smallest absolute Gasteiger partial charge is 0.349 e. The van der Waals surface area contributed by atoms with Gasteiger partial charge in [-0.3, -0.25) is 25.0 Å². The van der Waals surface area contributed by atoms with E-state index in [2.05, 4.69) is 15.9 Å². The number of hydrogen-bond acceptors (Lipinski definition) is 17. The van der Waals surface area contributed by atoms with Crippen molar-refractivity contribution in [2.24, 2.45) is 0 Å². The van der Waals surface area contributed by atoms with E-state index in [1.165, 1.54) is 36.4 Å². The molecule has 0 aliphatic carbocycles. The average Bonchev–Trinajstić information content (AvgIpc) is 3.21. The van der Waals surface area contributed by atoms with E-state index in [0.29, 0.717) is 36.1 Å². The van der Waals surface area contributed by atoms with Crippen LogP contribution in [0, 0.1) is 20.2 Å². The van der Waals surface area contributed by atoms with Gasteiger partial charge in [0.2, 0.25) is 0 Å². The molecule has 0 heterocycles. The van der Waals surface area contributed by atoms with Gasteiger partial charge in [0, 0.05) is 44.1 Å². The summed E-state index contributed by atoms with van der Waals surface area (Å²) in [6.07, 6.45) is 0. The number of aliphatic hydroxyl groups excluding tert-OH is 1. The fraction of sp³-hybridized carbons (Fsp3) is 0.481. The molecule has 73 heavy (non-hydrogen) atoms. The first-order valence-electron chi connectivity index (χ1n) is 20.3. The number of esters is 3. The molecule has 0 fully saturated rings. The number of nitrogens with zero attached hydrogens (tertiary/aromatic N) is 2. The predicted molar refractivity (Wildman–Crippen MR) is 300 cm³/mol. The number of phenols is 1. The number of carbonyl (C=O) groups excluding carboxylic acids is 3. The van der Waals surface area contributed by atoms with Crippen LogP contribution in [0.3, 0.4) is 0 Å². The Morgan fingerprint density at radius 2 is 0.863 bits per heavy atom. The maximum Gasteiger partial charge on any atom is 0.349 e. The van der Waals surface area contributed by atoms with E-state index >= 15 is 0 Å². The summed E-state index contributed by atoms with van der Waals surface area (Å²) in [5, 5.41) is 38.4. The van der Waals surface area contributed by atoms with Crippen molar-refractivity contribution in [2.45, 2.75) is 142 Å². The number of nitrogens with two attached hydrogens (primary N) is 2. The van der Waals surface area contributed by atoms with Crippen LogP contribution in [-0.4, -0.2) is 93.9 Å². The number of aliphatic hydroxyl groups is 1. The van der Waals surface area contributed by atoms with E-state index < -0.39 is 42.9 Å². The molecule has 4 rings (SSSR count). The summed E-state index contributed by atoms with van der Waals surface area (Å²) in [4.78, 5) is 53.6. The average molecular weight is 1100 g/mol. The SMILES string of the molecule is C.C.C.C.C.C.CC(C)(CO)Oc1cccc(N)c1.CCOC(=O)C(C)(C)Br.CCOC(=O)C(C)(C)Oc1cccc(N)c1.CCOC(=O)C(C)(C)Oc1cccc([N+](=O)[O-])c1.O=[N+]([O-])c1cccc(O)c1.[B]. The highest BCUT2D eigenvalue weighted by atomic mass is 79.9. The van der Waals surface area contributed by atoms with Crippen LogP contribution in [0.15, 0.2) is 97.1 Å². The summed E-state index contributed by atoms with van der Waals surface area (Å²) in [5.74, 6) is 0.271. The van der Waals surface area contributed by atoms with Crippen molar-refractivity contribution in [1.82, 2.24) is 0 Å². The van der Waals surface area contributed by atoms with Gasteiger partial charge in [0.1, 0.15) is 32.9 Å². The van der Waals surface area contributed by atoms with Gasteiger partial charge in [0.25, 0.3) is 11.4 Å². The van der Waals surface area contributed by atoms with Crippen molar-refractivity contribution < 1.29 is 62.9 Å². The Morgan fingerprint density at radius 3 is 1.15 bits per heavy atom. The molecule has 0 unspecified atom stereocenters. The Hall–Kier alpha value is -6.61. The van der Waals surface area contributed by atoms with Gasteiger partial charge in [-0.05, 0) is 113 Å². The topological polar surface area (TPSA) is 285 Å². The van der Waals surface area contributed by atoms with Gasteiger partial charge in [0.15, 0.2) is 11.2 Å². The number of nitro groups is 2. The van der Waals surface area contributed by atoms with Crippen molar-refractivity contribution in [2.75, 3.05) is 37.9 Å². The number of anilines is 2. The van der Waals surface area contributed by atoms with Crippen LogP contribution in [0.4, 0.5) is 22.7 Å². The van der Waals surface area contributed by atoms with Crippen LogP contribution in [0.5, 0.6) is 23.0 Å². The molecular formula is C52H87BBrN4O15. The standard InChI is InChI=1S/C12H15NO5.C12H17NO3.C10H15NO2.C6H11BrO2.C6H5NO3.6CH4.B/c1-4-17-11(14)12(2,3)18-10-7-5-6-9(8-10)13(15)16;1-4-15-11(14)12(2,3)16-10-7-5-6-9(13)8-10;1-10(2,7-12)13-9-5-3-4-8(11)6-9;1-4-9-5(8)6(2,3)7;8-6-3-1-2-5(4-6)7(9)10;;;;;;;/h5-8H,4H2,1-3H3;5-8H,4,13H2,1-3H3;3-6,12H,7,11H2,1-2H3;4H2,1-3H3;1-4,8H;6*1H4;. The first kappa shape index (κ1) is 83.3. The molecule has 6 N–H and O–H groups in total. The number of nitrogen functional groups attached to an aromatic ring is 2. The van der Waals surface area contributed by atoms with Crippen molar-refractivity contribution in [1.29, 1.82) is 0 Å². The van der Waals surface area contributed by atoms with Gasteiger partial charge < -0.3 is 50.1 Å². The highest BCUT2D eigenvalue weighted by Gasteiger charge is 2.33. The number of hydrogen-bond donors (Lipinski definition) is 4. The summed E-state index contributed by atoms with van der Waals surface area (Å²) in [6, 6.07) is 25.0. The Kier molecular flexibility index (Phi) is 45.6. The van der Waals surface area contributed by atoms with Crippen LogP contribution in [0.25, 0.3) is 0 Å². The number of carbonyl (C=O) groups is 3. The monoisotopic (exact) mass is 1100 g/mol. The number of rotatable bonds is 15. The molecule has 21 heteroatoms. The summed E-state index contributed by atoms with van der Waals surface area (Å²) < 4.78 is 30.4. The molecular weight excluding hydrogens is 1010 g/mol. The normalized spacial score (nSPS) is 9.71. The van der Waals surface area contributed by atoms with E-state index in [4.69, 9.17) is 50.1 Å². The van der Waals surface area contributed by atoms with Crippen molar-refractivity contribution in [3.8, 4) is 23.0 Å². The van der Waals surface area contributed by atoms with Gasteiger partial charge in [-0.2, -0.15) is 0 Å². The van der Waals surface area contributed by atoms with Gasteiger partial charge in [0.05, 0.1) is 48.4 Å². The number of phenolic OH excluding ortho intramolecular Hbond substituents is 1. The fourth-order valence-electron chi connectivity index (χ4n) is 4.36. The highest BCUT2D eigenvalue weighted by molar-refractivity contribution is 9.10. The van der Waals surface area contributed by atoms with Crippen molar-refractivity contribution >= 4 is 65.0 Å². The van der Waals surface area contributed by atoms with E-state index in [1.807, 2.05) is 26.0 Å². The fourth-order valence-corrected chi connectivity index (χ4v) is 4.47. The first-order valence-corrected chi connectivity index (χ1v) is 21.1. The minimum Gasteiger partial charge on any atom is -0.508 e. The quantitative estimate of drug-likeness (QED) is 0.0164. The third-order valence-electron chi connectivity index (χ3n) is 7.60. The molecule has 0 saturated carbocycles. The zero-order valence-electron chi connectivity index (χ0n) is 39.8. The number of nitro benzene ring substituents is 2.